The first-order valence-electron chi connectivity index (χ1n) is 10.4. The maximum Gasteiger partial charge on any atom is 0.407 e. The van der Waals surface area contributed by atoms with Crippen LogP contribution in [0.2, 0.25) is 0 Å². The van der Waals surface area contributed by atoms with Crippen molar-refractivity contribution in [2.24, 2.45) is 0 Å². The van der Waals surface area contributed by atoms with Gasteiger partial charge in [-0.2, -0.15) is 0 Å². The van der Waals surface area contributed by atoms with Crippen LogP contribution in [0, 0.1) is 0 Å². The molecule has 2 aromatic carbocycles. The second-order valence-corrected chi connectivity index (χ2v) is 8.41. The zero-order chi connectivity index (χ0) is 22.4. The fraction of sp³-hybridized carbons (Fsp3) is 0.375. The Morgan fingerprint density at radius 2 is 1.65 bits per heavy atom. The third-order valence-corrected chi connectivity index (χ3v) is 6.12. The van der Waals surface area contributed by atoms with Gasteiger partial charge in [-0.1, -0.05) is 48.5 Å². The van der Waals surface area contributed by atoms with E-state index in [1.54, 1.807) is 6.92 Å². The Labute approximate surface area is 188 Å². The summed E-state index contributed by atoms with van der Waals surface area (Å²) in [6, 6.07) is 16.3. The number of alkyl carbamates (subject to hydrolysis) is 1. The number of aliphatic hydroxyl groups is 1. The average Bonchev–Trinajstić information content (AvgIpc) is 3.05. The minimum Gasteiger partial charge on any atom is -0.500 e. The number of aliphatic hydroxyl groups excluding tert-OH is 1. The molecule has 0 bridgehead atoms. The van der Waals surface area contributed by atoms with Gasteiger partial charge >= 0.3 is 6.09 Å². The highest BCUT2D eigenvalue weighted by Gasteiger charge is 2.33. The van der Waals surface area contributed by atoms with Crippen molar-refractivity contribution in [3.63, 3.8) is 0 Å². The number of rotatable bonds is 9. The molecule has 0 saturated heterocycles. The van der Waals surface area contributed by atoms with Gasteiger partial charge in [0, 0.05) is 19.4 Å². The fourth-order valence-corrected chi connectivity index (χ4v) is 4.10. The van der Waals surface area contributed by atoms with E-state index in [1.165, 1.54) is 6.92 Å². The molecule has 164 valence electrons. The molecule has 3 rings (SSSR count). The predicted molar refractivity (Wildman–Crippen MR) is 124 cm³/mol. The molecule has 31 heavy (non-hydrogen) atoms. The van der Waals surface area contributed by atoms with Gasteiger partial charge in [0.05, 0.1) is 0 Å². The third kappa shape index (κ3) is 5.41. The number of unbranched alkanes of at least 4 members (excludes halogenated alkanes) is 1. The van der Waals surface area contributed by atoms with Crippen LogP contribution in [0.25, 0.3) is 11.1 Å². The molecule has 1 aliphatic rings. The first kappa shape index (κ1) is 22.7. The zero-order valence-corrected chi connectivity index (χ0v) is 18.6. The molecule has 3 N–H and O–H groups in total. The molecule has 0 spiro atoms. The van der Waals surface area contributed by atoms with Crippen LogP contribution >= 0.6 is 12.2 Å². The van der Waals surface area contributed by atoms with Gasteiger partial charge in [-0.05, 0) is 60.7 Å². The molecule has 0 aliphatic heterocycles. The standard InChI is InChI=1S/C24H28N2O4S/c1-16(27)25-14-8-7-13-24(2,22(28)31)26-23(29)30-15-21-19-11-5-3-9-17(19)18-10-4-6-12-20(18)21/h3-6,9-12,21H,7-8,13-15H2,1-2H3,(H,25,27)(H,26,29)(H,28,31)/t24-/m0/s1. The summed E-state index contributed by atoms with van der Waals surface area (Å²) in [5.41, 5.74) is 3.51. The monoisotopic (exact) mass is 440 g/mol. The quantitative estimate of drug-likeness (QED) is 0.395. The lowest BCUT2D eigenvalue weighted by molar-refractivity contribution is -0.118. The minimum atomic E-state index is -1.08. The Bertz CT molecular complexity index is 932. The van der Waals surface area contributed by atoms with Crippen molar-refractivity contribution in [2.45, 2.75) is 44.6 Å². The average molecular weight is 441 g/mol. The second-order valence-electron chi connectivity index (χ2n) is 8.03. The van der Waals surface area contributed by atoms with E-state index in [0.29, 0.717) is 25.8 Å². The summed E-state index contributed by atoms with van der Waals surface area (Å²) < 4.78 is 5.57. The number of carbonyl (C=O) groups is 2. The van der Waals surface area contributed by atoms with Crippen molar-refractivity contribution in [1.82, 2.24) is 10.6 Å². The number of carbonyl (C=O) groups excluding carboxylic acids is 2. The molecule has 2 aromatic rings. The van der Waals surface area contributed by atoms with Crippen LogP contribution in [0.4, 0.5) is 4.79 Å². The summed E-state index contributed by atoms with van der Waals surface area (Å²) in [6.45, 7) is 3.87. The van der Waals surface area contributed by atoms with Crippen LogP contribution in [-0.2, 0) is 9.53 Å². The van der Waals surface area contributed by atoms with E-state index in [1.807, 2.05) is 24.3 Å². The van der Waals surface area contributed by atoms with Crippen LogP contribution in [-0.4, -0.2) is 40.8 Å². The van der Waals surface area contributed by atoms with E-state index >= 15 is 0 Å². The van der Waals surface area contributed by atoms with Gasteiger partial charge in [-0.3, -0.25) is 4.79 Å². The van der Waals surface area contributed by atoms with E-state index in [4.69, 9.17) is 17.0 Å². The van der Waals surface area contributed by atoms with Crippen molar-refractivity contribution in [3.8, 4) is 11.1 Å². The molecule has 0 aromatic heterocycles. The summed E-state index contributed by atoms with van der Waals surface area (Å²) in [7, 11) is 0. The number of amides is 2. The van der Waals surface area contributed by atoms with Crippen molar-refractivity contribution in [2.75, 3.05) is 13.2 Å². The Hall–Kier alpha value is -2.93. The summed E-state index contributed by atoms with van der Waals surface area (Å²) in [5.74, 6) is -0.125. The molecule has 0 saturated carbocycles. The fourth-order valence-electron chi connectivity index (χ4n) is 3.95. The molecule has 0 fully saturated rings. The van der Waals surface area contributed by atoms with Crippen molar-refractivity contribution in [1.29, 1.82) is 0 Å². The summed E-state index contributed by atoms with van der Waals surface area (Å²) in [5, 5.41) is 15.2. The minimum absolute atomic E-state index is 0.0388. The van der Waals surface area contributed by atoms with Gasteiger partial charge in [-0.25, -0.2) is 4.79 Å². The summed E-state index contributed by atoms with van der Waals surface area (Å²) in [6.07, 6.45) is 1.19. The van der Waals surface area contributed by atoms with Gasteiger partial charge in [0.2, 0.25) is 5.91 Å². The Kier molecular flexibility index (Phi) is 7.28. The molecule has 1 aliphatic carbocycles. The van der Waals surface area contributed by atoms with Crippen molar-refractivity contribution >= 4 is 29.3 Å². The highest BCUT2D eigenvalue weighted by molar-refractivity contribution is 7.80. The van der Waals surface area contributed by atoms with Gasteiger partial charge in [0.25, 0.3) is 0 Å². The molecule has 1 atom stereocenters. The lowest BCUT2D eigenvalue weighted by Crippen LogP contribution is -2.51. The molecule has 0 heterocycles. The van der Waals surface area contributed by atoms with Crippen molar-refractivity contribution in [3.05, 3.63) is 59.7 Å². The molecule has 0 radical (unpaired) electrons. The highest BCUT2D eigenvalue weighted by atomic mass is 32.1. The molecule has 0 unspecified atom stereocenters. The number of nitrogens with one attached hydrogen (secondary N) is 2. The number of thiocarbonyl (C=S) groups is 1. The van der Waals surface area contributed by atoms with E-state index in [-0.39, 0.29) is 23.5 Å². The topological polar surface area (TPSA) is 87.7 Å². The molecular formula is C24H28N2O4S. The largest absolute Gasteiger partial charge is 0.500 e. The van der Waals surface area contributed by atoms with Crippen LogP contribution in [0.5, 0.6) is 0 Å². The maximum atomic E-state index is 12.6. The number of hydrogen-bond donors (Lipinski definition) is 3. The molecule has 6 nitrogen and oxygen atoms in total. The van der Waals surface area contributed by atoms with E-state index in [0.717, 1.165) is 22.3 Å². The first-order chi connectivity index (χ1) is 14.8. The van der Waals surface area contributed by atoms with Crippen LogP contribution < -0.4 is 10.6 Å². The van der Waals surface area contributed by atoms with E-state index < -0.39 is 11.6 Å². The maximum absolute atomic E-state index is 12.6. The highest BCUT2D eigenvalue weighted by Crippen LogP contribution is 2.44. The van der Waals surface area contributed by atoms with Crippen molar-refractivity contribution < 1.29 is 19.4 Å². The smallest absolute Gasteiger partial charge is 0.407 e. The summed E-state index contributed by atoms with van der Waals surface area (Å²) in [4.78, 5) is 23.5. The lowest BCUT2D eigenvalue weighted by Gasteiger charge is -2.28. The zero-order valence-electron chi connectivity index (χ0n) is 17.8. The van der Waals surface area contributed by atoms with Gasteiger partial charge < -0.3 is 20.5 Å². The van der Waals surface area contributed by atoms with E-state index in [2.05, 4.69) is 34.9 Å². The molecular weight excluding hydrogens is 412 g/mol. The second kappa shape index (κ2) is 9.92. The SMILES string of the molecule is CC(=O)NCCCC[C@](C)(NC(=O)OCC1c2ccccc2-c2ccccc21)C(O)=S. The Balaban J connectivity index is 1.59. The van der Waals surface area contributed by atoms with Crippen LogP contribution in [0.15, 0.2) is 48.5 Å². The predicted octanol–water partition coefficient (Wildman–Crippen LogP) is 4.48. The van der Waals surface area contributed by atoms with Crippen LogP contribution in [0.1, 0.15) is 50.2 Å². The first-order valence-corrected chi connectivity index (χ1v) is 10.8. The molecule has 2 amide bonds. The van der Waals surface area contributed by atoms with Gasteiger partial charge in [0.15, 0.2) is 5.05 Å². The Morgan fingerprint density at radius 3 is 2.19 bits per heavy atom. The van der Waals surface area contributed by atoms with Crippen LogP contribution in [0.3, 0.4) is 0 Å². The number of hydrogen-bond acceptors (Lipinski definition) is 4. The number of fused-ring (bicyclic) bond motifs is 3. The van der Waals surface area contributed by atoms with E-state index in [9.17, 15) is 14.7 Å². The number of ether oxygens (including phenoxy) is 1. The summed E-state index contributed by atoms with van der Waals surface area (Å²) >= 11 is 4.98. The Morgan fingerprint density at radius 1 is 1.06 bits per heavy atom. The van der Waals surface area contributed by atoms with Gasteiger partial charge in [0.1, 0.15) is 12.1 Å². The number of benzene rings is 2. The normalized spacial score (nSPS) is 14.1. The lowest BCUT2D eigenvalue weighted by atomic mass is 9.95. The van der Waals surface area contributed by atoms with Gasteiger partial charge in [-0.15, -0.1) is 0 Å². The third-order valence-electron chi connectivity index (χ3n) is 5.67. The molecule has 7 heteroatoms.